The van der Waals surface area contributed by atoms with Crippen LogP contribution in [0.5, 0.6) is 0 Å². The Morgan fingerprint density at radius 3 is 2.71 bits per heavy atom. The number of rotatable bonds is 5. The van der Waals surface area contributed by atoms with Gasteiger partial charge in [0.25, 0.3) is 0 Å². The molecule has 2 unspecified atom stereocenters. The summed E-state index contributed by atoms with van der Waals surface area (Å²) in [5, 5.41) is 8.69. The van der Waals surface area contributed by atoms with Crippen LogP contribution in [0.3, 0.4) is 0 Å². The van der Waals surface area contributed by atoms with Crippen LogP contribution in [0.15, 0.2) is 0 Å². The van der Waals surface area contributed by atoms with Crippen molar-refractivity contribution >= 4 is 11.9 Å². The minimum Gasteiger partial charge on any atom is -0.481 e. The highest BCUT2D eigenvalue weighted by molar-refractivity contribution is 5.83. The maximum atomic E-state index is 12.2. The first-order valence-electron chi connectivity index (χ1n) is 6.19. The topological polar surface area (TPSA) is 60.9 Å². The van der Waals surface area contributed by atoms with Crippen molar-refractivity contribution in [2.24, 2.45) is 0 Å². The Balaban J connectivity index is 2.66. The highest BCUT2D eigenvalue weighted by Gasteiger charge is 2.34. The summed E-state index contributed by atoms with van der Waals surface area (Å²) in [4.78, 5) is 26.7. The Hall–Kier alpha value is -1.10. The zero-order chi connectivity index (χ0) is 13.0. The van der Waals surface area contributed by atoms with Crippen molar-refractivity contribution < 1.29 is 14.7 Å². The van der Waals surface area contributed by atoms with E-state index in [9.17, 15) is 9.59 Å². The van der Waals surface area contributed by atoms with Crippen molar-refractivity contribution in [3.63, 3.8) is 0 Å². The summed E-state index contributed by atoms with van der Waals surface area (Å²) < 4.78 is 0. The van der Waals surface area contributed by atoms with Crippen LogP contribution < -0.4 is 0 Å². The summed E-state index contributed by atoms with van der Waals surface area (Å²) in [5.41, 5.74) is 0. The van der Waals surface area contributed by atoms with Crippen LogP contribution in [0.2, 0.25) is 0 Å². The van der Waals surface area contributed by atoms with Gasteiger partial charge in [0, 0.05) is 25.6 Å². The lowest BCUT2D eigenvalue weighted by Gasteiger charge is -2.41. The van der Waals surface area contributed by atoms with Gasteiger partial charge >= 0.3 is 5.97 Å². The molecule has 1 N–H and O–H groups in total. The molecule has 2 atom stereocenters. The van der Waals surface area contributed by atoms with E-state index < -0.39 is 5.97 Å². The molecule has 0 aromatic heterocycles. The second-order valence-corrected chi connectivity index (χ2v) is 4.72. The van der Waals surface area contributed by atoms with Crippen LogP contribution in [-0.2, 0) is 9.59 Å². The zero-order valence-electron chi connectivity index (χ0n) is 10.8. The van der Waals surface area contributed by atoms with E-state index in [0.29, 0.717) is 6.42 Å². The van der Waals surface area contributed by atoms with Gasteiger partial charge in [-0.3, -0.25) is 14.5 Å². The third-order valence-electron chi connectivity index (χ3n) is 3.55. The predicted molar refractivity (Wildman–Crippen MR) is 64.8 cm³/mol. The summed E-state index contributed by atoms with van der Waals surface area (Å²) in [5.74, 6) is -0.763. The fourth-order valence-corrected chi connectivity index (χ4v) is 2.17. The van der Waals surface area contributed by atoms with Gasteiger partial charge in [-0.2, -0.15) is 0 Å². The second kappa shape index (κ2) is 6.00. The Bertz CT molecular complexity index is 293. The standard InChI is InChI=1S/C12H22N2O3/c1-4-9(2)14-8-7-13(3)10(12(14)17)5-6-11(15)16/h9-10H,4-8H2,1-3H3,(H,15,16). The normalized spacial score (nSPS) is 23.8. The molecule has 1 aliphatic heterocycles. The van der Waals surface area contributed by atoms with Gasteiger partial charge in [0.1, 0.15) is 0 Å². The van der Waals surface area contributed by atoms with Crippen molar-refractivity contribution in [1.29, 1.82) is 0 Å². The van der Waals surface area contributed by atoms with E-state index in [-0.39, 0.29) is 24.4 Å². The molecule has 1 aliphatic rings. The molecule has 1 amide bonds. The number of piperazine rings is 1. The van der Waals surface area contributed by atoms with E-state index >= 15 is 0 Å². The Labute approximate surface area is 102 Å². The minimum absolute atomic E-state index is 0.0507. The van der Waals surface area contributed by atoms with Crippen LogP contribution in [0.1, 0.15) is 33.1 Å². The number of nitrogens with zero attached hydrogens (tertiary/aromatic N) is 2. The molecule has 1 heterocycles. The lowest BCUT2D eigenvalue weighted by molar-refractivity contribution is -0.144. The van der Waals surface area contributed by atoms with Gasteiger partial charge in [0.15, 0.2) is 0 Å². The van der Waals surface area contributed by atoms with Crippen LogP contribution in [0.4, 0.5) is 0 Å². The molecule has 1 fully saturated rings. The molecule has 0 spiro atoms. The monoisotopic (exact) mass is 242 g/mol. The first-order chi connectivity index (χ1) is 7.97. The van der Waals surface area contributed by atoms with Gasteiger partial charge in [-0.05, 0) is 26.8 Å². The van der Waals surface area contributed by atoms with Crippen LogP contribution in [-0.4, -0.2) is 59.0 Å². The molecule has 1 rings (SSSR count). The van der Waals surface area contributed by atoms with Gasteiger partial charge in [-0.25, -0.2) is 0 Å². The predicted octanol–water partition coefficient (Wildman–Crippen LogP) is 0.792. The number of carbonyl (C=O) groups is 2. The summed E-state index contributed by atoms with van der Waals surface area (Å²) in [6.45, 7) is 5.66. The van der Waals surface area contributed by atoms with E-state index in [2.05, 4.69) is 6.92 Å². The highest BCUT2D eigenvalue weighted by atomic mass is 16.4. The summed E-state index contributed by atoms with van der Waals surface area (Å²) >= 11 is 0. The first-order valence-corrected chi connectivity index (χ1v) is 6.19. The zero-order valence-corrected chi connectivity index (χ0v) is 10.8. The third kappa shape index (κ3) is 3.43. The third-order valence-corrected chi connectivity index (χ3v) is 3.55. The molecule has 0 bridgehead atoms. The molecule has 98 valence electrons. The molecule has 0 aromatic rings. The molecule has 17 heavy (non-hydrogen) atoms. The number of aliphatic carboxylic acids is 1. The van der Waals surface area contributed by atoms with E-state index in [1.165, 1.54) is 0 Å². The molecular formula is C12H22N2O3. The van der Waals surface area contributed by atoms with E-state index in [0.717, 1.165) is 19.5 Å². The van der Waals surface area contributed by atoms with Gasteiger partial charge < -0.3 is 10.0 Å². The molecule has 1 saturated heterocycles. The second-order valence-electron chi connectivity index (χ2n) is 4.72. The average Bonchev–Trinajstić information content (AvgIpc) is 2.27. The molecule has 0 saturated carbocycles. The van der Waals surface area contributed by atoms with Crippen molar-refractivity contribution in [2.45, 2.75) is 45.2 Å². The number of likely N-dealkylation sites (N-methyl/N-ethyl adjacent to an activating group) is 1. The Morgan fingerprint density at radius 1 is 1.53 bits per heavy atom. The SMILES string of the molecule is CCC(C)N1CCN(C)C(CCC(=O)O)C1=O. The summed E-state index contributed by atoms with van der Waals surface area (Å²) in [7, 11) is 1.89. The summed E-state index contributed by atoms with van der Waals surface area (Å²) in [6.07, 6.45) is 1.38. The Kier molecular flexibility index (Phi) is 4.93. The fourth-order valence-electron chi connectivity index (χ4n) is 2.17. The molecule has 5 heteroatoms. The van der Waals surface area contributed by atoms with Crippen LogP contribution in [0.25, 0.3) is 0 Å². The Morgan fingerprint density at radius 2 is 2.18 bits per heavy atom. The molecule has 0 aliphatic carbocycles. The minimum atomic E-state index is -0.841. The van der Waals surface area contributed by atoms with Crippen LogP contribution >= 0.6 is 0 Å². The average molecular weight is 242 g/mol. The molecular weight excluding hydrogens is 220 g/mol. The largest absolute Gasteiger partial charge is 0.481 e. The van der Waals surface area contributed by atoms with Gasteiger partial charge in [-0.1, -0.05) is 6.92 Å². The van der Waals surface area contributed by atoms with Crippen molar-refractivity contribution in [2.75, 3.05) is 20.1 Å². The maximum Gasteiger partial charge on any atom is 0.303 e. The molecule has 0 aromatic carbocycles. The highest BCUT2D eigenvalue weighted by Crippen LogP contribution is 2.17. The quantitative estimate of drug-likeness (QED) is 0.774. The lowest BCUT2D eigenvalue weighted by atomic mass is 10.0. The number of carbonyl (C=O) groups excluding carboxylic acids is 1. The molecule has 5 nitrogen and oxygen atoms in total. The molecule has 0 radical (unpaired) electrons. The van der Waals surface area contributed by atoms with Gasteiger partial charge in [-0.15, -0.1) is 0 Å². The number of amides is 1. The van der Waals surface area contributed by atoms with Gasteiger partial charge in [0.2, 0.25) is 5.91 Å². The number of carboxylic acids is 1. The van der Waals surface area contributed by atoms with Gasteiger partial charge in [0.05, 0.1) is 6.04 Å². The first kappa shape index (κ1) is 14.0. The van der Waals surface area contributed by atoms with Crippen molar-refractivity contribution in [3.8, 4) is 0 Å². The number of carboxylic acid groups (broad SMARTS) is 1. The summed E-state index contributed by atoms with van der Waals surface area (Å²) in [6, 6.07) is -0.0302. The maximum absolute atomic E-state index is 12.2. The van der Waals surface area contributed by atoms with Crippen LogP contribution in [0, 0.1) is 0 Å². The van der Waals surface area contributed by atoms with Crippen molar-refractivity contribution in [3.05, 3.63) is 0 Å². The van der Waals surface area contributed by atoms with Crippen molar-refractivity contribution in [1.82, 2.24) is 9.80 Å². The smallest absolute Gasteiger partial charge is 0.303 e. The lowest BCUT2D eigenvalue weighted by Crippen LogP contribution is -2.57. The number of hydrogen-bond acceptors (Lipinski definition) is 3. The van der Waals surface area contributed by atoms with E-state index in [4.69, 9.17) is 5.11 Å². The van der Waals surface area contributed by atoms with E-state index in [1.807, 2.05) is 23.8 Å². The van der Waals surface area contributed by atoms with E-state index in [1.54, 1.807) is 0 Å². The number of hydrogen-bond donors (Lipinski definition) is 1. The fraction of sp³-hybridized carbons (Fsp3) is 0.833.